The molecule has 0 saturated carbocycles. The van der Waals surface area contributed by atoms with E-state index in [0.29, 0.717) is 46.1 Å². The first kappa shape index (κ1) is 26.0. The average Bonchev–Trinajstić information content (AvgIpc) is 3.27. The Hall–Kier alpha value is -4.30. The van der Waals surface area contributed by atoms with Gasteiger partial charge in [-0.15, -0.1) is 0 Å². The molecule has 204 valence electrons. The van der Waals surface area contributed by atoms with Crippen LogP contribution in [-0.2, 0) is 20.2 Å². The molecule has 6 rings (SSSR count). The van der Waals surface area contributed by atoms with E-state index in [4.69, 9.17) is 14.2 Å². The van der Waals surface area contributed by atoms with Crippen LogP contribution >= 0.6 is 0 Å². The molecule has 2 heterocycles. The SMILES string of the molecule is CCOc1ccc(S(=O)(=O)c2ccc3c(c2)C2(OC(=O)c4ccccc42)c2ccc(N(CC)CC)cc2O3)cc1. The maximum absolute atomic E-state index is 13.7. The van der Waals surface area contributed by atoms with Crippen LogP contribution in [0.15, 0.2) is 94.7 Å². The van der Waals surface area contributed by atoms with Crippen molar-refractivity contribution in [1.82, 2.24) is 0 Å². The van der Waals surface area contributed by atoms with Crippen molar-refractivity contribution in [3.05, 3.63) is 107 Å². The summed E-state index contributed by atoms with van der Waals surface area (Å²) in [5, 5.41) is 0. The van der Waals surface area contributed by atoms with E-state index < -0.39 is 21.4 Å². The van der Waals surface area contributed by atoms with Crippen LogP contribution in [0.5, 0.6) is 17.2 Å². The molecule has 0 radical (unpaired) electrons. The summed E-state index contributed by atoms with van der Waals surface area (Å²) >= 11 is 0. The molecule has 7 nitrogen and oxygen atoms in total. The highest BCUT2D eigenvalue weighted by Crippen LogP contribution is 2.57. The Balaban J connectivity index is 1.55. The molecule has 0 amide bonds. The maximum Gasteiger partial charge on any atom is 0.340 e. The van der Waals surface area contributed by atoms with Crippen molar-refractivity contribution in [3.8, 4) is 17.2 Å². The predicted octanol–water partition coefficient (Wildman–Crippen LogP) is 6.33. The van der Waals surface area contributed by atoms with E-state index in [1.165, 1.54) is 18.2 Å². The van der Waals surface area contributed by atoms with Crippen LogP contribution in [0.3, 0.4) is 0 Å². The summed E-state index contributed by atoms with van der Waals surface area (Å²) in [6.07, 6.45) is 0. The molecule has 0 fully saturated rings. The molecule has 1 unspecified atom stereocenters. The molecule has 0 aromatic heterocycles. The summed E-state index contributed by atoms with van der Waals surface area (Å²) in [4.78, 5) is 15.6. The predicted molar refractivity (Wildman–Crippen MR) is 151 cm³/mol. The van der Waals surface area contributed by atoms with Gasteiger partial charge in [-0.25, -0.2) is 13.2 Å². The first-order valence-corrected chi connectivity index (χ1v) is 14.8. The Morgan fingerprint density at radius 3 is 2.23 bits per heavy atom. The van der Waals surface area contributed by atoms with E-state index in [1.807, 2.05) is 37.3 Å². The van der Waals surface area contributed by atoms with E-state index in [-0.39, 0.29) is 9.79 Å². The van der Waals surface area contributed by atoms with Crippen molar-refractivity contribution >= 4 is 21.5 Å². The number of anilines is 1. The molecule has 1 spiro atoms. The number of rotatable bonds is 7. The fourth-order valence-corrected chi connectivity index (χ4v) is 6.90. The molecule has 2 aliphatic heterocycles. The van der Waals surface area contributed by atoms with Gasteiger partial charge in [0.1, 0.15) is 17.2 Å². The summed E-state index contributed by atoms with van der Waals surface area (Å²) in [6, 6.07) is 24.1. The Morgan fingerprint density at radius 2 is 1.50 bits per heavy atom. The van der Waals surface area contributed by atoms with Crippen LogP contribution in [0.4, 0.5) is 5.69 Å². The molecule has 1 atom stereocenters. The van der Waals surface area contributed by atoms with Crippen molar-refractivity contribution in [2.75, 3.05) is 24.6 Å². The first-order chi connectivity index (χ1) is 19.3. The molecule has 0 N–H and O–H groups in total. The molecular formula is C32H29NO6S. The standard InChI is InChI=1S/C32H29NO6S/c1-4-33(5-2)21-11-17-27-30(19-21)38-29-18-16-24(40(35,36)23-14-12-22(13-15-23)37-6-3)20-28(29)32(27)26-10-8-7-9-25(26)31(34)39-32/h7-20H,4-6H2,1-3H3. The minimum atomic E-state index is -3.90. The van der Waals surface area contributed by atoms with Gasteiger partial charge in [0, 0.05) is 41.5 Å². The van der Waals surface area contributed by atoms with Gasteiger partial charge < -0.3 is 19.1 Å². The normalized spacial score (nSPS) is 16.9. The lowest BCUT2D eigenvalue weighted by molar-refractivity contribution is 0.0223. The number of hydrogen-bond donors (Lipinski definition) is 0. The first-order valence-electron chi connectivity index (χ1n) is 13.4. The van der Waals surface area contributed by atoms with Gasteiger partial charge >= 0.3 is 5.97 Å². The van der Waals surface area contributed by atoms with Gasteiger partial charge in [0.15, 0.2) is 5.60 Å². The molecule has 0 bridgehead atoms. The summed E-state index contributed by atoms with van der Waals surface area (Å²) in [5.74, 6) is 1.11. The third-order valence-electron chi connectivity index (χ3n) is 7.55. The van der Waals surface area contributed by atoms with Crippen LogP contribution in [-0.4, -0.2) is 34.1 Å². The van der Waals surface area contributed by atoms with Crippen LogP contribution < -0.4 is 14.4 Å². The largest absolute Gasteiger partial charge is 0.494 e. The lowest BCUT2D eigenvalue weighted by atomic mass is 9.77. The molecular weight excluding hydrogens is 526 g/mol. The second kappa shape index (κ2) is 9.71. The van der Waals surface area contributed by atoms with Gasteiger partial charge in [0.05, 0.1) is 22.0 Å². The van der Waals surface area contributed by atoms with E-state index >= 15 is 0 Å². The Labute approximate surface area is 233 Å². The smallest absolute Gasteiger partial charge is 0.340 e. The molecule has 8 heteroatoms. The number of fused-ring (bicyclic) bond motifs is 6. The third-order valence-corrected chi connectivity index (χ3v) is 9.32. The number of nitrogens with zero attached hydrogens (tertiary/aromatic N) is 1. The highest BCUT2D eigenvalue weighted by atomic mass is 32.2. The Kier molecular flexibility index (Phi) is 6.30. The van der Waals surface area contributed by atoms with Crippen LogP contribution in [0.2, 0.25) is 0 Å². The topological polar surface area (TPSA) is 82.1 Å². The molecule has 2 aliphatic rings. The monoisotopic (exact) mass is 555 g/mol. The highest BCUT2D eigenvalue weighted by Gasteiger charge is 2.53. The van der Waals surface area contributed by atoms with Gasteiger partial charge in [-0.2, -0.15) is 0 Å². The fraction of sp³-hybridized carbons (Fsp3) is 0.219. The number of carbonyl (C=O) groups excluding carboxylic acids is 1. The zero-order valence-electron chi connectivity index (χ0n) is 22.5. The Bertz CT molecular complexity index is 1730. The van der Waals surface area contributed by atoms with Gasteiger partial charge in [-0.1, -0.05) is 18.2 Å². The fourth-order valence-electron chi connectivity index (χ4n) is 5.61. The van der Waals surface area contributed by atoms with Crippen molar-refractivity contribution in [1.29, 1.82) is 0 Å². The summed E-state index contributed by atoms with van der Waals surface area (Å²) < 4.78 is 45.6. The van der Waals surface area contributed by atoms with Crippen LogP contribution in [0.25, 0.3) is 0 Å². The molecule has 0 saturated heterocycles. The van der Waals surface area contributed by atoms with Crippen molar-refractivity contribution in [3.63, 3.8) is 0 Å². The summed E-state index contributed by atoms with van der Waals surface area (Å²) in [7, 11) is -3.90. The minimum Gasteiger partial charge on any atom is -0.494 e. The van der Waals surface area contributed by atoms with Crippen LogP contribution in [0, 0.1) is 0 Å². The quantitative estimate of drug-likeness (QED) is 0.246. The summed E-state index contributed by atoms with van der Waals surface area (Å²) in [6.45, 7) is 8.16. The highest BCUT2D eigenvalue weighted by molar-refractivity contribution is 7.91. The van der Waals surface area contributed by atoms with E-state index in [2.05, 4.69) is 18.7 Å². The van der Waals surface area contributed by atoms with Gasteiger partial charge in [-0.3, -0.25) is 0 Å². The molecule has 40 heavy (non-hydrogen) atoms. The lowest BCUT2D eigenvalue weighted by Gasteiger charge is -2.37. The summed E-state index contributed by atoms with van der Waals surface area (Å²) in [5.41, 5.74) is 1.81. The maximum atomic E-state index is 13.7. The minimum absolute atomic E-state index is 0.0713. The van der Waals surface area contributed by atoms with Gasteiger partial charge in [0.25, 0.3) is 0 Å². The number of carbonyl (C=O) groups is 1. The second-order valence-corrected chi connectivity index (χ2v) is 11.6. The Morgan fingerprint density at radius 1 is 0.775 bits per heavy atom. The van der Waals surface area contributed by atoms with E-state index in [1.54, 1.807) is 36.4 Å². The number of benzene rings is 4. The van der Waals surface area contributed by atoms with Crippen molar-refractivity contribution in [2.24, 2.45) is 0 Å². The number of sulfone groups is 1. The van der Waals surface area contributed by atoms with Crippen LogP contribution in [0.1, 0.15) is 47.8 Å². The zero-order chi connectivity index (χ0) is 28.1. The zero-order valence-corrected chi connectivity index (χ0v) is 23.3. The van der Waals surface area contributed by atoms with Crippen molar-refractivity contribution < 1.29 is 27.4 Å². The van der Waals surface area contributed by atoms with Gasteiger partial charge in [0.2, 0.25) is 9.84 Å². The van der Waals surface area contributed by atoms with Crippen molar-refractivity contribution in [2.45, 2.75) is 36.2 Å². The third kappa shape index (κ3) is 3.85. The van der Waals surface area contributed by atoms with Gasteiger partial charge in [-0.05, 0) is 81.4 Å². The average molecular weight is 556 g/mol. The van der Waals surface area contributed by atoms with E-state index in [9.17, 15) is 13.2 Å². The number of hydrogen-bond acceptors (Lipinski definition) is 7. The molecule has 4 aromatic rings. The molecule has 0 aliphatic carbocycles. The number of ether oxygens (including phenoxy) is 3. The second-order valence-electron chi connectivity index (χ2n) is 9.64. The lowest BCUT2D eigenvalue weighted by Crippen LogP contribution is -2.33. The molecule has 4 aromatic carbocycles. The number of esters is 1. The van der Waals surface area contributed by atoms with E-state index in [0.717, 1.165) is 18.8 Å².